The molecule has 2 heterocycles. The summed E-state index contributed by atoms with van der Waals surface area (Å²) < 4.78 is 0. The zero-order valence-corrected chi connectivity index (χ0v) is 7.29. The summed E-state index contributed by atoms with van der Waals surface area (Å²) in [5, 5.41) is 0. The number of nitrogens with zero attached hydrogens (tertiary/aromatic N) is 3. The van der Waals surface area contributed by atoms with Gasteiger partial charge in [0.25, 0.3) is 0 Å². The normalized spacial score (nSPS) is 23.8. The molecular formula is C8H13N3O. The lowest BCUT2D eigenvalue weighted by Crippen LogP contribution is -2.53. The van der Waals surface area contributed by atoms with Crippen LogP contribution in [0.4, 0.5) is 0 Å². The Morgan fingerprint density at radius 3 is 3.08 bits per heavy atom. The maximum atomic E-state index is 11.3. The summed E-state index contributed by atoms with van der Waals surface area (Å²) in [6.07, 6.45) is 1.75. The van der Waals surface area contributed by atoms with Crippen molar-refractivity contribution >= 4 is 11.9 Å². The van der Waals surface area contributed by atoms with Gasteiger partial charge in [0.2, 0.25) is 11.9 Å². The number of hydrogen-bond acceptors (Lipinski definition) is 3. The molecule has 0 bridgehead atoms. The van der Waals surface area contributed by atoms with Crippen LogP contribution < -0.4 is 0 Å². The monoisotopic (exact) mass is 167 g/mol. The van der Waals surface area contributed by atoms with Gasteiger partial charge in [0.1, 0.15) is 0 Å². The Morgan fingerprint density at radius 2 is 2.25 bits per heavy atom. The molecule has 0 aromatic carbocycles. The van der Waals surface area contributed by atoms with Crippen LogP contribution in [0.1, 0.15) is 12.8 Å². The quantitative estimate of drug-likeness (QED) is 0.505. The highest BCUT2D eigenvalue weighted by Crippen LogP contribution is 2.12. The number of guanidine groups is 1. The van der Waals surface area contributed by atoms with Crippen LogP contribution in [-0.2, 0) is 4.79 Å². The second-order valence-electron chi connectivity index (χ2n) is 3.23. The van der Waals surface area contributed by atoms with Crippen LogP contribution in [0.15, 0.2) is 4.99 Å². The Balaban J connectivity index is 2.22. The number of rotatable bonds is 0. The summed E-state index contributed by atoms with van der Waals surface area (Å²) in [4.78, 5) is 19.5. The Hall–Kier alpha value is -1.06. The van der Waals surface area contributed by atoms with E-state index in [0.717, 1.165) is 32.0 Å². The molecule has 1 amide bonds. The SMILES string of the molecule is CN1C(=O)CCN2CCCN=C21. The van der Waals surface area contributed by atoms with Crippen molar-refractivity contribution in [3.63, 3.8) is 0 Å². The first-order valence-electron chi connectivity index (χ1n) is 4.35. The van der Waals surface area contributed by atoms with E-state index in [2.05, 4.69) is 9.89 Å². The smallest absolute Gasteiger partial charge is 0.230 e. The number of aliphatic imine (C=N–C) groups is 1. The lowest BCUT2D eigenvalue weighted by atomic mass is 10.2. The Morgan fingerprint density at radius 1 is 1.42 bits per heavy atom. The van der Waals surface area contributed by atoms with Crippen LogP contribution in [0.2, 0.25) is 0 Å². The average molecular weight is 167 g/mol. The molecule has 0 atom stereocenters. The minimum Gasteiger partial charge on any atom is -0.342 e. The van der Waals surface area contributed by atoms with Gasteiger partial charge < -0.3 is 4.90 Å². The number of amides is 1. The Kier molecular flexibility index (Phi) is 1.75. The van der Waals surface area contributed by atoms with Gasteiger partial charge in [-0.2, -0.15) is 0 Å². The van der Waals surface area contributed by atoms with E-state index in [-0.39, 0.29) is 5.91 Å². The van der Waals surface area contributed by atoms with Gasteiger partial charge in [0.15, 0.2) is 0 Å². The number of fused-ring (bicyclic) bond motifs is 1. The van der Waals surface area contributed by atoms with Crippen LogP contribution in [0.25, 0.3) is 0 Å². The van der Waals surface area contributed by atoms with Gasteiger partial charge in [-0.25, -0.2) is 0 Å². The van der Waals surface area contributed by atoms with Gasteiger partial charge in [-0.15, -0.1) is 0 Å². The summed E-state index contributed by atoms with van der Waals surface area (Å²) in [5.41, 5.74) is 0. The molecule has 4 nitrogen and oxygen atoms in total. The maximum Gasteiger partial charge on any atom is 0.230 e. The van der Waals surface area contributed by atoms with Gasteiger partial charge in [0.05, 0.1) is 0 Å². The van der Waals surface area contributed by atoms with Crippen LogP contribution in [0.3, 0.4) is 0 Å². The molecule has 4 heteroatoms. The molecule has 66 valence electrons. The molecule has 0 N–H and O–H groups in total. The summed E-state index contributed by atoms with van der Waals surface area (Å²) in [5.74, 6) is 1.06. The summed E-state index contributed by atoms with van der Waals surface area (Å²) in [7, 11) is 1.80. The third kappa shape index (κ3) is 1.07. The fourth-order valence-electron chi connectivity index (χ4n) is 1.68. The topological polar surface area (TPSA) is 35.9 Å². The fourth-order valence-corrected chi connectivity index (χ4v) is 1.68. The van der Waals surface area contributed by atoms with Gasteiger partial charge in [-0.1, -0.05) is 0 Å². The van der Waals surface area contributed by atoms with E-state index >= 15 is 0 Å². The molecule has 0 aromatic heterocycles. The molecule has 0 spiro atoms. The van der Waals surface area contributed by atoms with Gasteiger partial charge in [-0.05, 0) is 6.42 Å². The van der Waals surface area contributed by atoms with Crippen molar-refractivity contribution in [2.24, 2.45) is 4.99 Å². The number of carbonyl (C=O) groups excluding carboxylic acids is 1. The molecule has 0 saturated carbocycles. The molecule has 12 heavy (non-hydrogen) atoms. The van der Waals surface area contributed by atoms with Crippen molar-refractivity contribution in [1.82, 2.24) is 9.80 Å². The summed E-state index contributed by atoms with van der Waals surface area (Å²) in [6, 6.07) is 0. The first kappa shape index (κ1) is 7.58. The van der Waals surface area contributed by atoms with Crippen LogP contribution in [0.5, 0.6) is 0 Å². The second-order valence-corrected chi connectivity index (χ2v) is 3.23. The van der Waals surface area contributed by atoms with E-state index in [4.69, 9.17) is 0 Å². The summed E-state index contributed by atoms with van der Waals surface area (Å²) >= 11 is 0. The third-order valence-electron chi connectivity index (χ3n) is 2.39. The molecule has 2 rings (SSSR count). The Bertz CT molecular complexity index is 236. The van der Waals surface area contributed by atoms with Gasteiger partial charge in [-0.3, -0.25) is 14.7 Å². The minimum atomic E-state index is 0.187. The van der Waals surface area contributed by atoms with Crippen LogP contribution in [0, 0.1) is 0 Å². The largest absolute Gasteiger partial charge is 0.342 e. The van der Waals surface area contributed by atoms with Crippen molar-refractivity contribution in [2.75, 3.05) is 26.7 Å². The molecule has 0 aromatic rings. The van der Waals surface area contributed by atoms with E-state index in [9.17, 15) is 4.79 Å². The molecule has 1 saturated heterocycles. The molecule has 0 unspecified atom stereocenters. The first-order valence-corrected chi connectivity index (χ1v) is 4.35. The van der Waals surface area contributed by atoms with Crippen molar-refractivity contribution in [3.05, 3.63) is 0 Å². The standard InChI is InChI=1S/C8H13N3O/c1-10-7(12)3-6-11-5-2-4-9-8(10)11/h2-6H2,1H3. The summed E-state index contributed by atoms with van der Waals surface area (Å²) in [6.45, 7) is 2.77. The maximum absolute atomic E-state index is 11.3. The van der Waals surface area contributed by atoms with E-state index in [1.165, 1.54) is 0 Å². The first-order chi connectivity index (χ1) is 5.79. The van der Waals surface area contributed by atoms with Crippen LogP contribution >= 0.6 is 0 Å². The molecule has 2 aliphatic heterocycles. The highest BCUT2D eigenvalue weighted by atomic mass is 16.2. The molecule has 1 fully saturated rings. The van der Waals surface area contributed by atoms with Crippen molar-refractivity contribution in [3.8, 4) is 0 Å². The highest BCUT2D eigenvalue weighted by molar-refractivity contribution is 5.99. The second kappa shape index (κ2) is 2.77. The Labute approximate surface area is 71.9 Å². The zero-order valence-electron chi connectivity index (χ0n) is 7.29. The van der Waals surface area contributed by atoms with Crippen molar-refractivity contribution in [1.29, 1.82) is 0 Å². The number of carbonyl (C=O) groups is 1. The van der Waals surface area contributed by atoms with E-state index in [1.807, 2.05) is 0 Å². The minimum absolute atomic E-state index is 0.187. The van der Waals surface area contributed by atoms with Gasteiger partial charge in [0, 0.05) is 33.1 Å². The zero-order chi connectivity index (χ0) is 8.55. The fraction of sp³-hybridized carbons (Fsp3) is 0.750. The van der Waals surface area contributed by atoms with E-state index in [0.29, 0.717) is 6.42 Å². The molecule has 0 aliphatic carbocycles. The van der Waals surface area contributed by atoms with E-state index < -0.39 is 0 Å². The highest BCUT2D eigenvalue weighted by Gasteiger charge is 2.27. The lowest BCUT2D eigenvalue weighted by molar-refractivity contribution is -0.128. The van der Waals surface area contributed by atoms with Crippen molar-refractivity contribution < 1.29 is 4.79 Å². The lowest BCUT2D eigenvalue weighted by Gasteiger charge is -2.37. The number of hydrogen-bond donors (Lipinski definition) is 0. The molecule has 0 radical (unpaired) electrons. The average Bonchev–Trinajstić information content (AvgIpc) is 2.12. The van der Waals surface area contributed by atoms with Crippen molar-refractivity contribution in [2.45, 2.75) is 12.8 Å². The van der Waals surface area contributed by atoms with Crippen LogP contribution in [-0.4, -0.2) is 48.3 Å². The molecule has 2 aliphatic rings. The predicted octanol–water partition coefficient (Wildman–Crippen LogP) is -0.0898. The third-order valence-corrected chi connectivity index (χ3v) is 2.39. The van der Waals surface area contributed by atoms with Gasteiger partial charge >= 0.3 is 0 Å². The predicted molar refractivity (Wildman–Crippen MR) is 45.9 cm³/mol. The van der Waals surface area contributed by atoms with E-state index in [1.54, 1.807) is 11.9 Å². The molecular weight excluding hydrogens is 154 g/mol.